The molecule has 3 nitrogen and oxygen atoms in total. The highest BCUT2D eigenvalue weighted by molar-refractivity contribution is 6.30. The molecule has 1 aromatic carbocycles. The summed E-state index contributed by atoms with van der Waals surface area (Å²) in [6.07, 6.45) is 0.862. The van der Waals surface area contributed by atoms with Crippen molar-refractivity contribution in [2.24, 2.45) is 11.1 Å². The van der Waals surface area contributed by atoms with Crippen LogP contribution in [0.25, 0.3) is 0 Å². The molecule has 2 N–H and O–H groups in total. The van der Waals surface area contributed by atoms with Gasteiger partial charge in [0.2, 0.25) is 5.91 Å². The van der Waals surface area contributed by atoms with Gasteiger partial charge in [-0.25, -0.2) is 0 Å². The van der Waals surface area contributed by atoms with Crippen LogP contribution >= 0.6 is 24.0 Å². The van der Waals surface area contributed by atoms with Gasteiger partial charge in [-0.3, -0.25) is 4.79 Å². The summed E-state index contributed by atoms with van der Waals surface area (Å²) in [5.41, 5.74) is 7.07. The lowest BCUT2D eigenvalue weighted by atomic mass is 9.79. The Balaban J connectivity index is 0.00000220. The first-order valence-electron chi connectivity index (χ1n) is 7.11. The van der Waals surface area contributed by atoms with Crippen molar-refractivity contribution in [2.75, 3.05) is 13.1 Å². The second-order valence-electron chi connectivity index (χ2n) is 6.42. The van der Waals surface area contributed by atoms with Crippen LogP contribution in [0.2, 0.25) is 5.02 Å². The number of halogens is 2. The molecule has 0 spiro atoms. The number of carbonyl (C=O) groups excluding carboxylic acids is 1. The minimum atomic E-state index is -0.168. The average molecular weight is 331 g/mol. The molecule has 1 saturated heterocycles. The van der Waals surface area contributed by atoms with Gasteiger partial charge >= 0.3 is 0 Å². The molecule has 118 valence electrons. The summed E-state index contributed by atoms with van der Waals surface area (Å²) in [5, 5.41) is 0.670. The molecule has 2 unspecified atom stereocenters. The van der Waals surface area contributed by atoms with E-state index in [1.54, 1.807) is 0 Å². The van der Waals surface area contributed by atoms with Gasteiger partial charge in [-0.1, -0.05) is 37.6 Å². The quantitative estimate of drug-likeness (QED) is 0.902. The lowest BCUT2D eigenvalue weighted by Crippen LogP contribution is -2.54. The second-order valence-corrected chi connectivity index (χ2v) is 6.86. The molecule has 0 aromatic heterocycles. The zero-order valence-electron chi connectivity index (χ0n) is 12.8. The van der Waals surface area contributed by atoms with Crippen LogP contribution in [0.3, 0.4) is 0 Å². The van der Waals surface area contributed by atoms with Crippen molar-refractivity contribution in [1.29, 1.82) is 0 Å². The van der Waals surface area contributed by atoms with Crippen molar-refractivity contribution in [3.8, 4) is 0 Å². The maximum absolute atomic E-state index is 12.6. The van der Waals surface area contributed by atoms with E-state index < -0.39 is 0 Å². The molecule has 2 rings (SSSR count). The van der Waals surface area contributed by atoms with Gasteiger partial charge < -0.3 is 10.6 Å². The fraction of sp³-hybridized carbons (Fsp3) is 0.562. The van der Waals surface area contributed by atoms with Crippen LogP contribution in [0.15, 0.2) is 24.3 Å². The lowest BCUT2D eigenvalue weighted by molar-refractivity contribution is -0.135. The second kappa shape index (κ2) is 6.99. The summed E-state index contributed by atoms with van der Waals surface area (Å²) in [4.78, 5) is 14.6. The van der Waals surface area contributed by atoms with E-state index >= 15 is 0 Å². The molecule has 0 aliphatic carbocycles. The molecule has 1 aromatic rings. The van der Waals surface area contributed by atoms with Gasteiger partial charge in [0.1, 0.15) is 0 Å². The Morgan fingerprint density at radius 1 is 1.48 bits per heavy atom. The van der Waals surface area contributed by atoms with Gasteiger partial charge in [-0.15, -0.1) is 12.4 Å². The maximum Gasteiger partial charge on any atom is 0.229 e. The number of hydrogen-bond acceptors (Lipinski definition) is 2. The molecular weight excluding hydrogens is 307 g/mol. The fourth-order valence-electron chi connectivity index (χ4n) is 2.75. The Bertz CT molecular complexity index is 505. The predicted molar refractivity (Wildman–Crippen MR) is 90.1 cm³/mol. The fourth-order valence-corrected chi connectivity index (χ4v) is 2.95. The number of likely N-dealkylation sites (tertiary alicyclic amines) is 1. The number of nitrogens with zero attached hydrogens (tertiary/aromatic N) is 1. The maximum atomic E-state index is 12.6. The van der Waals surface area contributed by atoms with E-state index in [-0.39, 0.29) is 35.7 Å². The normalized spacial score (nSPS) is 22.3. The minimum Gasteiger partial charge on any atom is -0.342 e. The number of nitrogens with two attached hydrogens (primary N) is 1. The van der Waals surface area contributed by atoms with E-state index in [4.69, 9.17) is 17.3 Å². The standard InChI is InChI=1S/C16H23ClN2O.ClH/c1-11(12-5-4-6-13(17)9-12)15(20)19-8-7-14(18)16(2,3)10-19;/h4-6,9,11,14H,7-8,10,18H2,1-3H3;1H. The number of benzene rings is 1. The van der Waals surface area contributed by atoms with Gasteiger partial charge in [0.25, 0.3) is 0 Å². The first-order valence-corrected chi connectivity index (χ1v) is 7.49. The molecule has 1 fully saturated rings. The summed E-state index contributed by atoms with van der Waals surface area (Å²) in [6, 6.07) is 7.69. The van der Waals surface area contributed by atoms with Crippen molar-refractivity contribution in [3.05, 3.63) is 34.9 Å². The SMILES string of the molecule is CC(C(=O)N1CCC(N)C(C)(C)C1)c1cccc(Cl)c1.Cl. The molecule has 0 saturated carbocycles. The first kappa shape index (κ1) is 18.3. The van der Waals surface area contributed by atoms with Gasteiger partial charge in [0.15, 0.2) is 0 Å². The molecule has 1 aliphatic heterocycles. The highest BCUT2D eigenvalue weighted by Crippen LogP contribution is 2.30. The molecule has 0 radical (unpaired) electrons. The molecular formula is C16H24Cl2N2O. The van der Waals surface area contributed by atoms with Crippen LogP contribution in [0.4, 0.5) is 0 Å². The number of hydrogen-bond donors (Lipinski definition) is 1. The zero-order valence-corrected chi connectivity index (χ0v) is 14.4. The van der Waals surface area contributed by atoms with E-state index in [0.29, 0.717) is 5.02 Å². The molecule has 5 heteroatoms. The van der Waals surface area contributed by atoms with Crippen LogP contribution in [-0.4, -0.2) is 29.9 Å². The number of rotatable bonds is 2. The lowest BCUT2D eigenvalue weighted by Gasteiger charge is -2.43. The smallest absolute Gasteiger partial charge is 0.229 e. The summed E-state index contributed by atoms with van der Waals surface area (Å²) >= 11 is 6.00. The third kappa shape index (κ3) is 4.12. The third-order valence-corrected chi connectivity index (χ3v) is 4.58. The number of piperidine rings is 1. The third-order valence-electron chi connectivity index (χ3n) is 4.34. The van der Waals surface area contributed by atoms with Gasteiger partial charge in [0.05, 0.1) is 5.92 Å². The summed E-state index contributed by atoms with van der Waals surface area (Å²) < 4.78 is 0. The Morgan fingerprint density at radius 3 is 2.71 bits per heavy atom. The summed E-state index contributed by atoms with van der Waals surface area (Å²) in [7, 11) is 0. The van der Waals surface area contributed by atoms with Gasteiger partial charge in [-0.2, -0.15) is 0 Å². The van der Waals surface area contributed by atoms with Crippen LogP contribution in [0.5, 0.6) is 0 Å². The Morgan fingerprint density at radius 2 is 2.14 bits per heavy atom. The van der Waals surface area contributed by atoms with Crippen LogP contribution < -0.4 is 5.73 Å². The first-order chi connectivity index (χ1) is 9.31. The summed E-state index contributed by atoms with van der Waals surface area (Å²) in [6.45, 7) is 7.66. The topological polar surface area (TPSA) is 46.3 Å². The van der Waals surface area contributed by atoms with Crippen LogP contribution in [-0.2, 0) is 4.79 Å². The van der Waals surface area contributed by atoms with Crippen molar-refractivity contribution < 1.29 is 4.79 Å². The van der Waals surface area contributed by atoms with Gasteiger partial charge in [-0.05, 0) is 36.5 Å². The van der Waals surface area contributed by atoms with Crippen LogP contribution in [0, 0.1) is 5.41 Å². The van der Waals surface area contributed by atoms with E-state index in [2.05, 4.69) is 13.8 Å². The van der Waals surface area contributed by atoms with Crippen molar-refractivity contribution >= 4 is 29.9 Å². The Kier molecular flexibility index (Phi) is 6.09. The van der Waals surface area contributed by atoms with E-state index in [9.17, 15) is 4.79 Å². The minimum absolute atomic E-state index is 0. The predicted octanol–water partition coefficient (Wildman–Crippen LogP) is 3.45. The largest absolute Gasteiger partial charge is 0.342 e. The van der Waals surface area contributed by atoms with Crippen molar-refractivity contribution in [2.45, 2.75) is 39.2 Å². The average Bonchev–Trinajstić information content (AvgIpc) is 2.40. The zero-order chi connectivity index (χ0) is 14.9. The monoisotopic (exact) mass is 330 g/mol. The molecule has 21 heavy (non-hydrogen) atoms. The molecule has 0 bridgehead atoms. The highest BCUT2D eigenvalue weighted by Gasteiger charge is 2.36. The Labute approximate surface area is 138 Å². The van der Waals surface area contributed by atoms with Crippen molar-refractivity contribution in [3.63, 3.8) is 0 Å². The molecule has 1 amide bonds. The molecule has 2 atom stereocenters. The molecule has 1 aliphatic rings. The van der Waals surface area contributed by atoms with Crippen molar-refractivity contribution in [1.82, 2.24) is 4.90 Å². The Hall–Kier alpha value is -0.770. The summed E-state index contributed by atoms with van der Waals surface area (Å²) in [5.74, 6) is -0.00827. The van der Waals surface area contributed by atoms with E-state index in [0.717, 1.165) is 25.1 Å². The number of carbonyl (C=O) groups is 1. The van der Waals surface area contributed by atoms with E-state index in [1.165, 1.54) is 0 Å². The highest BCUT2D eigenvalue weighted by atomic mass is 35.5. The van der Waals surface area contributed by atoms with E-state index in [1.807, 2.05) is 36.1 Å². The van der Waals surface area contributed by atoms with Crippen LogP contribution in [0.1, 0.15) is 38.7 Å². The van der Waals surface area contributed by atoms with Gasteiger partial charge in [0, 0.05) is 24.2 Å². The molecule has 1 heterocycles. The number of amides is 1.